The van der Waals surface area contributed by atoms with E-state index < -0.39 is 5.60 Å². The van der Waals surface area contributed by atoms with Crippen LogP contribution in [0.2, 0.25) is 15.1 Å². The van der Waals surface area contributed by atoms with Gasteiger partial charge >= 0.3 is 0 Å². The molecule has 4 rings (SSSR count). The number of aromatic amines is 1. The molecule has 0 aliphatic carbocycles. The molecule has 8 heteroatoms. The number of hydrogen-bond acceptors (Lipinski definition) is 4. The van der Waals surface area contributed by atoms with Crippen LogP contribution < -0.4 is 10.5 Å². The van der Waals surface area contributed by atoms with Crippen molar-refractivity contribution in [1.29, 1.82) is 0 Å². The summed E-state index contributed by atoms with van der Waals surface area (Å²) in [6.45, 7) is 4.23. The van der Waals surface area contributed by atoms with Crippen LogP contribution in [0.1, 0.15) is 24.1 Å². The first-order valence-corrected chi connectivity index (χ1v) is 11.5. The van der Waals surface area contributed by atoms with Gasteiger partial charge in [0.25, 0.3) is 0 Å². The van der Waals surface area contributed by atoms with Crippen LogP contribution in [0, 0.1) is 0 Å². The maximum atomic E-state index is 11.7. The Hall–Kier alpha value is -2.02. The van der Waals surface area contributed by atoms with Gasteiger partial charge in [0.15, 0.2) is 0 Å². The molecule has 1 fully saturated rings. The van der Waals surface area contributed by atoms with Gasteiger partial charge in [-0.05, 0) is 54.4 Å². The Bertz CT molecular complexity index is 1150. The molecule has 0 amide bonds. The Balaban J connectivity index is 1.62. The highest BCUT2D eigenvalue weighted by Gasteiger charge is 2.34. The highest BCUT2D eigenvalue weighted by atomic mass is 35.5. The quantitative estimate of drug-likeness (QED) is 0.520. The highest BCUT2D eigenvalue weighted by Crippen LogP contribution is 2.37. The van der Waals surface area contributed by atoms with E-state index >= 15 is 0 Å². The lowest BCUT2D eigenvalue weighted by molar-refractivity contribution is 0.0101. The van der Waals surface area contributed by atoms with Gasteiger partial charge in [-0.15, -0.1) is 0 Å². The second kappa shape index (κ2) is 9.46. The van der Waals surface area contributed by atoms with Crippen LogP contribution in [0.3, 0.4) is 0 Å². The third kappa shape index (κ3) is 5.13. The second-order valence-electron chi connectivity index (χ2n) is 8.31. The van der Waals surface area contributed by atoms with Gasteiger partial charge in [-0.2, -0.15) is 0 Å². The van der Waals surface area contributed by atoms with Crippen LogP contribution in [0.4, 0.5) is 5.69 Å². The molecule has 168 valence electrons. The standard InChI is InChI=1S/C24H24Cl3N3O2/c1-24(32,17-8-9-28-23(31)12-17)15-29-10-11-30(21-7-6-19(26)13-20(21)27)22(14-29)16-2-4-18(25)5-3-16/h2-9,12-13,22,32H,10-11,14-15H2,1H3,(H,28,31)/t22-,24+/m0/s1. The fourth-order valence-electron chi connectivity index (χ4n) is 4.26. The van der Waals surface area contributed by atoms with Crippen molar-refractivity contribution in [2.75, 3.05) is 31.1 Å². The number of anilines is 1. The molecule has 1 aromatic heterocycles. The molecule has 0 radical (unpaired) electrons. The summed E-state index contributed by atoms with van der Waals surface area (Å²) in [5, 5.41) is 13.0. The smallest absolute Gasteiger partial charge is 0.248 e. The number of hydrogen-bond donors (Lipinski definition) is 2. The molecule has 0 bridgehead atoms. The summed E-state index contributed by atoms with van der Waals surface area (Å²) in [7, 11) is 0. The Morgan fingerprint density at radius 3 is 2.44 bits per heavy atom. The van der Waals surface area contributed by atoms with Crippen LogP contribution in [0.25, 0.3) is 0 Å². The first kappa shape index (κ1) is 23.1. The van der Waals surface area contributed by atoms with Gasteiger partial charge in [-0.1, -0.05) is 46.9 Å². The number of nitrogens with zero attached hydrogens (tertiary/aromatic N) is 2. The molecule has 2 aromatic carbocycles. The lowest BCUT2D eigenvalue weighted by Gasteiger charge is -2.45. The zero-order valence-corrected chi connectivity index (χ0v) is 19.8. The van der Waals surface area contributed by atoms with Gasteiger partial charge < -0.3 is 15.0 Å². The third-order valence-corrected chi connectivity index (χ3v) is 6.66. The van der Waals surface area contributed by atoms with Gasteiger partial charge in [0.2, 0.25) is 5.56 Å². The number of benzene rings is 2. The molecule has 2 heterocycles. The molecular formula is C24H24Cl3N3O2. The van der Waals surface area contributed by atoms with E-state index in [0.29, 0.717) is 40.3 Å². The summed E-state index contributed by atoms with van der Waals surface area (Å²) in [5.74, 6) is 0. The monoisotopic (exact) mass is 491 g/mol. The van der Waals surface area contributed by atoms with Crippen LogP contribution in [0.5, 0.6) is 0 Å². The van der Waals surface area contributed by atoms with Crippen LogP contribution in [-0.4, -0.2) is 41.2 Å². The normalized spacial score (nSPS) is 19.0. The van der Waals surface area contributed by atoms with E-state index in [1.807, 2.05) is 36.4 Å². The average Bonchev–Trinajstić information content (AvgIpc) is 2.74. The third-order valence-electron chi connectivity index (χ3n) is 5.87. The van der Waals surface area contributed by atoms with E-state index in [4.69, 9.17) is 34.8 Å². The summed E-state index contributed by atoms with van der Waals surface area (Å²) in [4.78, 5) is 18.8. The largest absolute Gasteiger partial charge is 0.384 e. The molecule has 1 aliphatic heterocycles. The zero-order valence-electron chi connectivity index (χ0n) is 17.6. The van der Waals surface area contributed by atoms with Crippen LogP contribution in [0.15, 0.2) is 65.6 Å². The van der Waals surface area contributed by atoms with Gasteiger partial charge in [0, 0.05) is 48.5 Å². The number of aromatic nitrogens is 1. The number of aliphatic hydroxyl groups is 1. The molecule has 32 heavy (non-hydrogen) atoms. The Morgan fingerprint density at radius 2 is 1.75 bits per heavy atom. The van der Waals surface area contributed by atoms with E-state index in [9.17, 15) is 9.90 Å². The maximum Gasteiger partial charge on any atom is 0.248 e. The Kier molecular flexibility index (Phi) is 6.84. The lowest BCUT2D eigenvalue weighted by atomic mass is 9.94. The fourth-order valence-corrected chi connectivity index (χ4v) is 4.91. The van der Waals surface area contributed by atoms with E-state index in [2.05, 4.69) is 14.8 Å². The molecule has 0 spiro atoms. The lowest BCUT2D eigenvalue weighted by Crippen LogP contribution is -2.52. The summed E-state index contributed by atoms with van der Waals surface area (Å²) < 4.78 is 0. The minimum absolute atomic E-state index is 0.00494. The highest BCUT2D eigenvalue weighted by molar-refractivity contribution is 6.36. The van der Waals surface area contributed by atoms with Crippen molar-refractivity contribution in [3.8, 4) is 0 Å². The van der Waals surface area contributed by atoms with Gasteiger partial charge in [0.05, 0.1) is 22.4 Å². The summed E-state index contributed by atoms with van der Waals surface area (Å²) in [5.41, 5.74) is 1.20. The minimum atomic E-state index is -1.17. The van der Waals surface area contributed by atoms with E-state index in [1.54, 1.807) is 25.3 Å². The fraction of sp³-hybridized carbons (Fsp3) is 0.292. The number of halogens is 3. The summed E-state index contributed by atoms with van der Waals surface area (Å²) >= 11 is 18.8. The molecule has 2 atom stereocenters. The second-order valence-corrected chi connectivity index (χ2v) is 9.59. The molecular weight excluding hydrogens is 469 g/mol. The molecule has 5 nitrogen and oxygen atoms in total. The molecule has 1 aliphatic rings. The number of β-amino-alcohol motifs (C(OH)–C–C–N with tert-alkyl or cyclic N) is 1. The number of piperazine rings is 1. The Labute approximate surface area is 202 Å². The summed E-state index contributed by atoms with van der Waals surface area (Å²) in [6, 6.07) is 16.5. The van der Waals surface area contributed by atoms with Crippen LogP contribution in [-0.2, 0) is 5.60 Å². The van der Waals surface area contributed by atoms with Crippen LogP contribution >= 0.6 is 34.8 Å². The van der Waals surface area contributed by atoms with Crippen molar-refractivity contribution in [2.24, 2.45) is 0 Å². The first-order chi connectivity index (χ1) is 15.2. The van der Waals surface area contributed by atoms with Crippen molar-refractivity contribution in [1.82, 2.24) is 9.88 Å². The van der Waals surface area contributed by atoms with Crippen molar-refractivity contribution in [3.63, 3.8) is 0 Å². The van der Waals surface area contributed by atoms with Gasteiger partial charge in [0.1, 0.15) is 0 Å². The zero-order chi connectivity index (χ0) is 22.9. The van der Waals surface area contributed by atoms with E-state index in [0.717, 1.165) is 17.8 Å². The van der Waals surface area contributed by atoms with E-state index in [1.165, 1.54) is 6.07 Å². The van der Waals surface area contributed by atoms with Gasteiger partial charge in [-0.25, -0.2) is 0 Å². The number of nitrogens with one attached hydrogen (secondary N) is 1. The molecule has 1 saturated heterocycles. The van der Waals surface area contributed by atoms with Crippen molar-refractivity contribution >= 4 is 40.5 Å². The molecule has 3 aromatic rings. The topological polar surface area (TPSA) is 59.6 Å². The molecule has 2 N–H and O–H groups in total. The van der Waals surface area contributed by atoms with Crippen molar-refractivity contribution < 1.29 is 5.11 Å². The van der Waals surface area contributed by atoms with Gasteiger partial charge in [-0.3, -0.25) is 9.69 Å². The predicted molar refractivity (Wildman–Crippen MR) is 131 cm³/mol. The Morgan fingerprint density at radius 1 is 1.03 bits per heavy atom. The number of pyridine rings is 1. The maximum absolute atomic E-state index is 11.7. The molecule has 0 saturated carbocycles. The number of rotatable bonds is 5. The predicted octanol–water partition coefficient (Wildman–Crippen LogP) is 5.11. The first-order valence-electron chi connectivity index (χ1n) is 10.3. The van der Waals surface area contributed by atoms with Crippen molar-refractivity contribution in [2.45, 2.75) is 18.6 Å². The van der Waals surface area contributed by atoms with E-state index in [-0.39, 0.29) is 11.6 Å². The SMILES string of the molecule is C[C@@](O)(CN1CCN(c2ccc(Cl)cc2Cl)[C@H](c2ccc(Cl)cc2)C1)c1cc[nH]c(=O)c1. The summed E-state index contributed by atoms with van der Waals surface area (Å²) in [6.07, 6.45) is 1.56. The number of H-pyrrole nitrogens is 1. The molecule has 0 unspecified atom stereocenters. The average molecular weight is 493 g/mol. The minimum Gasteiger partial charge on any atom is -0.384 e. The van der Waals surface area contributed by atoms with Crippen molar-refractivity contribution in [3.05, 3.63) is 97.3 Å².